The first-order valence-corrected chi connectivity index (χ1v) is 5.23. The third kappa shape index (κ3) is 5.14. The van der Waals surface area contributed by atoms with Gasteiger partial charge in [-0.2, -0.15) is 0 Å². The lowest BCUT2D eigenvalue weighted by molar-refractivity contribution is 0.00879. The van der Waals surface area contributed by atoms with E-state index in [9.17, 15) is 8.78 Å². The van der Waals surface area contributed by atoms with Gasteiger partial charge < -0.3 is 10.1 Å². The molecule has 5 heteroatoms. The molecule has 0 fully saturated rings. The van der Waals surface area contributed by atoms with Gasteiger partial charge in [-0.3, -0.25) is 4.98 Å². The fourth-order valence-electron chi connectivity index (χ4n) is 1.21. The Morgan fingerprint density at radius 1 is 1.38 bits per heavy atom. The second kappa shape index (κ2) is 7.24. The summed E-state index contributed by atoms with van der Waals surface area (Å²) in [4.78, 5) is 4.27. The summed E-state index contributed by atoms with van der Waals surface area (Å²) in [5.41, 5.74) is 1.57. The lowest BCUT2D eigenvalue weighted by Gasteiger charge is -2.05. The van der Waals surface area contributed by atoms with E-state index < -0.39 is 13.0 Å². The molecule has 0 amide bonds. The molecule has 1 aromatic heterocycles. The van der Waals surface area contributed by atoms with Gasteiger partial charge >= 0.3 is 0 Å². The van der Waals surface area contributed by atoms with Crippen LogP contribution in [0.3, 0.4) is 0 Å². The zero-order valence-electron chi connectivity index (χ0n) is 9.25. The van der Waals surface area contributed by atoms with Crippen LogP contribution in [0.4, 0.5) is 8.78 Å². The van der Waals surface area contributed by atoms with Gasteiger partial charge in [-0.25, -0.2) is 8.78 Å². The van der Waals surface area contributed by atoms with E-state index in [1.165, 1.54) is 0 Å². The van der Waals surface area contributed by atoms with Crippen LogP contribution in [0.25, 0.3) is 0 Å². The van der Waals surface area contributed by atoms with E-state index in [0.717, 1.165) is 12.2 Å². The van der Waals surface area contributed by atoms with Crippen LogP contribution < -0.4 is 5.32 Å². The van der Waals surface area contributed by atoms with Gasteiger partial charge in [0.2, 0.25) is 0 Å². The van der Waals surface area contributed by atoms with Crippen molar-refractivity contribution in [1.82, 2.24) is 10.3 Å². The molecule has 0 radical (unpaired) electrons. The number of pyridine rings is 1. The number of nitrogens with one attached hydrogen (secondary N) is 1. The topological polar surface area (TPSA) is 34.1 Å². The zero-order valence-corrected chi connectivity index (χ0v) is 9.25. The molecule has 0 spiro atoms. The van der Waals surface area contributed by atoms with Crippen molar-refractivity contribution < 1.29 is 13.5 Å². The van der Waals surface area contributed by atoms with Gasteiger partial charge in [-0.05, 0) is 18.7 Å². The highest BCUT2D eigenvalue weighted by molar-refractivity contribution is 5.10. The SMILES string of the molecule is CCNCc1cccc(COCC(F)F)n1. The Kier molecular flexibility index (Phi) is 5.88. The molecule has 3 nitrogen and oxygen atoms in total. The lowest BCUT2D eigenvalue weighted by atomic mass is 10.3. The Labute approximate surface area is 93.8 Å². The normalized spacial score (nSPS) is 11.0. The number of hydrogen-bond acceptors (Lipinski definition) is 3. The molecule has 0 aliphatic heterocycles. The molecule has 1 heterocycles. The van der Waals surface area contributed by atoms with E-state index >= 15 is 0 Å². The molecule has 0 atom stereocenters. The molecule has 0 aromatic carbocycles. The Morgan fingerprint density at radius 3 is 2.81 bits per heavy atom. The van der Waals surface area contributed by atoms with Crippen molar-refractivity contribution in [2.75, 3.05) is 13.2 Å². The van der Waals surface area contributed by atoms with Crippen LogP contribution in [0, 0.1) is 0 Å². The molecule has 0 saturated heterocycles. The third-order valence-corrected chi connectivity index (χ3v) is 1.91. The van der Waals surface area contributed by atoms with Gasteiger partial charge in [-0.1, -0.05) is 13.0 Å². The summed E-state index contributed by atoms with van der Waals surface area (Å²) in [5.74, 6) is 0. The van der Waals surface area contributed by atoms with E-state index in [-0.39, 0.29) is 6.61 Å². The number of alkyl halides is 2. The van der Waals surface area contributed by atoms with E-state index in [1.54, 1.807) is 6.07 Å². The van der Waals surface area contributed by atoms with Gasteiger partial charge in [0, 0.05) is 6.54 Å². The predicted octanol–water partition coefficient (Wildman–Crippen LogP) is 1.97. The van der Waals surface area contributed by atoms with Crippen LogP contribution in [-0.4, -0.2) is 24.6 Å². The first-order valence-electron chi connectivity index (χ1n) is 5.23. The van der Waals surface area contributed by atoms with Crippen LogP contribution in [0.2, 0.25) is 0 Å². The largest absolute Gasteiger partial charge is 0.369 e. The maximum Gasteiger partial charge on any atom is 0.261 e. The fourth-order valence-corrected chi connectivity index (χ4v) is 1.21. The second-order valence-corrected chi connectivity index (χ2v) is 3.31. The summed E-state index contributed by atoms with van der Waals surface area (Å²) in [7, 11) is 0. The van der Waals surface area contributed by atoms with Crippen LogP contribution in [0.1, 0.15) is 18.3 Å². The van der Waals surface area contributed by atoms with Gasteiger partial charge in [-0.15, -0.1) is 0 Å². The number of halogens is 2. The standard InChI is InChI=1S/C11H16F2N2O/c1-2-14-6-9-4-3-5-10(15-9)7-16-8-11(12)13/h3-5,11,14H,2,6-8H2,1H3. The van der Waals surface area contributed by atoms with E-state index in [2.05, 4.69) is 10.3 Å². The molecule has 90 valence electrons. The Morgan fingerprint density at radius 2 is 2.12 bits per heavy atom. The molecule has 1 aromatic rings. The van der Waals surface area contributed by atoms with Crippen molar-refractivity contribution in [3.05, 3.63) is 29.6 Å². The lowest BCUT2D eigenvalue weighted by Crippen LogP contribution is -2.13. The summed E-state index contributed by atoms with van der Waals surface area (Å²) in [6.07, 6.45) is -2.43. The molecule has 16 heavy (non-hydrogen) atoms. The zero-order chi connectivity index (χ0) is 11.8. The second-order valence-electron chi connectivity index (χ2n) is 3.31. The Balaban J connectivity index is 2.40. The number of aromatic nitrogens is 1. The summed E-state index contributed by atoms with van der Waals surface area (Å²) < 4.78 is 28.5. The van der Waals surface area contributed by atoms with E-state index in [0.29, 0.717) is 12.2 Å². The summed E-state index contributed by atoms with van der Waals surface area (Å²) in [5, 5.41) is 3.14. The van der Waals surface area contributed by atoms with Gasteiger partial charge in [0.25, 0.3) is 6.43 Å². The number of hydrogen-bond donors (Lipinski definition) is 1. The van der Waals surface area contributed by atoms with Gasteiger partial charge in [0.1, 0.15) is 6.61 Å². The third-order valence-electron chi connectivity index (χ3n) is 1.91. The Bertz CT molecular complexity index is 308. The maximum absolute atomic E-state index is 11.8. The van der Waals surface area contributed by atoms with Gasteiger partial charge in [0.15, 0.2) is 0 Å². The van der Waals surface area contributed by atoms with Crippen LogP contribution >= 0.6 is 0 Å². The van der Waals surface area contributed by atoms with Crippen molar-refractivity contribution >= 4 is 0 Å². The molecule has 0 aliphatic carbocycles. The highest BCUT2D eigenvalue weighted by Gasteiger charge is 2.03. The van der Waals surface area contributed by atoms with Crippen molar-refractivity contribution in [1.29, 1.82) is 0 Å². The molecule has 0 aliphatic rings. The van der Waals surface area contributed by atoms with Crippen LogP contribution in [0.5, 0.6) is 0 Å². The van der Waals surface area contributed by atoms with Crippen LogP contribution in [0.15, 0.2) is 18.2 Å². The first kappa shape index (κ1) is 13.0. The smallest absolute Gasteiger partial charge is 0.261 e. The number of ether oxygens (including phenoxy) is 1. The first-order chi connectivity index (χ1) is 7.72. The molecule has 1 rings (SSSR count). The highest BCUT2D eigenvalue weighted by Crippen LogP contribution is 2.02. The average molecular weight is 230 g/mol. The predicted molar refractivity (Wildman–Crippen MR) is 57.3 cm³/mol. The molecule has 1 N–H and O–H groups in total. The van der Waals surface area contributed by atoms with E-state index in [4.69, 9.17) is 4.74 Å². The van der Waals surface area contributed by atoms with Gasteiger partial charge in [0.05, 0.1) is 18.0 Å². The summed E-state index contributed by atoms with van der Waals surface area (Å²) in [6, 6.07) is 5.50. The highest BCUT2D eigenvalue weighted by atomic mass is 19.3. The quantitative estimate of drug-likeness (QED) is 0.777. The average Bonchev–Trinajstić information content (AvgIpc) is 2.26. The molecule has 0 bridgehead atoms. The molecular formula is C11H16F2N2O. The monoisotopic (exact) mass is 230 g/mol. The van der Waals surface area contributed by atoms with Crippen molar-refractivity contribution in [2.24, 2.45) is 0 Å². The summed E-state index contributed by atoms with van der Waals surface area (Å²) in [6.45, 7) is 3.14. The molecule has 0 saturated carbocycles. The minimum Gasteiger partial charge on any atom is -0.369 e. The number of rotatable bonds is 7. The van der Waals surface area contributed by atoms with Crippen molar-refractivity contribution in [3.8, 4) is 0 Å². The molecular weight excluding hydrogens is 214 g/mol. The summed E-state index contributed by atoms with van der Waals surface area (Å²) >= 11 is 0. The van der Waals surface area contributed by atoms with E-state index in [1.807, 2.05) is 19.1 Å². The van der Waals surface area contributed by atoms with Crippen molar-refractivity contribution in [2.45, 2.75) is 26.5 Å². The Hall–Kier alpha value is -1.07. The van der Waals surface area contributed by atoms with Crippen LogP contribution in [-0.2, 0) is 17.9 Å². The maximum atomic E-state index is 11.8. The number of nitrogens with zero attached hydrogens (tertiary/aromatic N) is 1. The fraction of sp³-hybridized carbons (Fsp3) is 0.545. The molecule has 0 unspecified atom stereocenters. The minimum absolute atomic E-state index is 0.129. The minimum atomic E-state index is -2.43. The van der Waals surface area contributed by atoms with Crippen molar-refractivity contribution in [3.63, 3.8) is 0 Å².